The minimum atomic E-state index is -0.186. The van der Waals surface area contributed by atoms with Crippen molar-refractivity contribution in [1.29, 1.82) is 0 Å². The summed E-state index contributed by atoms with van der Waals surface area (Å²) < 4.78 is 11.1. The fourth-order valence-corrected chi connectivity index (χ4v) is 4.89. The molecule has 4 aliphatic rings. The lowest BCUT2D eigenvalue weighted by atomic mass is 9.83. The van der Waals surface area contributed by atoms with Gasteiger partial charge < -0.3 is 9.47 Å². The highest BCUT2D eigenvalue weighted by molar-refractivity contribution is 5.90. The first kappa shape index (κ1) is 14.2. The van der Waals surface area contributed by atoms with Crippen LogP contribution in [0.15, 0.2) is 11.6 Å². The van der Waals surface area contributed by atoms with Crippen molar-refractivity contribution in [1.82, 2.24) is 4.90 Å². The van der Waals surface area contributed by atoms with Gasteiger partial charge in [0.15, 0.2) is 0 Å². The van der Waals surface area contributed by atoms with Gasteiger partial charge in [0.25, 0.3) is 0 Å². The average molecular weight is 305 g/mol. The van der Waals surface area contributed by atoms with Crippen LogP contribution in [0.3, 0.4) is 0 Å². The van der Waals surface area contributed by atoms with Gasteiger partial charge in [-0.1, -0.05) is 6.92 Å². The number of fused-ring (bicyclic) bond motifs is 3. The van der Waals surface area contributed by atoms with Crippen molar-refractivity contribution in [3.05, 3.63) is 11.6 Å². The zero-order valence-corrected chi connectivity index (χ0v) is 13.2. The van der Waals surface area contributed by atoms with Gasteiger partial charge in [0, 0.05) is 17.5 Å². The fourth-order valence-electron chi connectivity index (χ4n) is 4.89. The number of carbonyl (C=O) groups excluding carboxylic acids is 2. The van der Waals surface area contributed by atoms with E-state index in [0.717, 1.165) is 32.2 Å². The second-order valence-electron chi connectivity index (χ2n) is 7.15. The highest BCUT2D eigenvalue weighted by Gasteiger charge is 2.53. The van der Waals surface area contributed by atoms with E-state index in [4.69, 9.17) is 9.47 Å². The molecule has 0 aromatic rings. The first-order chi connectivity index (χ1) is 10.6. The van der Waals surface area contributed by atoms with E-state index >= 15 is 0 Å². The number of cyclic esters (lactones) is 1. The Morgan fingerprint density at radius 3 is 2.64 bits per heavy atom. The molecule has 4 rings (SSSR count). The molecule has 120 valence electrons. The Labute approximate surface area is 130 Å². The maximum Gasteiger partial charge on any atom is 0.334 e. The molecule has 0 aromatic carbocycles. The molecule has 4 heterocycles. The van der Waals surface area contributed by atoms with Crippen LogP contribution in [0.25, 0.3) is 0 Å². The standard InChI is InChI=1S/C17H23NO4/c1-9-8-14(22-16(9)19)11-5-6-12-15-10(2)17(20)21-13(15)4-3-7-18(11)12/h8,10-15H,3-7H2,1-2H3/t10-,11-,12-,13+,14+,15+/m0/s1. The lowest BCUT2D eigenvalue weighted by Crippen LogP contribution is -2.46. The molecule has 0 saturated carbocycles. The lowest BCUT2D eigenvalue weighted by molar-refractivity contribution is -0.144. The Bertz CT molecular complexity index is 543. The van der Waals surface area contributed by atoms with Crippen molar-refractivity contribution in [3.8, 4) is 0 Å². The molecular weight excluding hydrogens is 282 g/mol. The predicted octanol–water partition coefficient (Wildman–Crippen LogP) is 1.66. The first-order valence-corrected chi connectivity index (χ1v) is 8.42. The summed E-state index contributed by atoms with van der Waals surface area (Å²) in [4.78, 5) is 26.1. The SMILES string of the molecule is CC1=C[C@H]([C@@H]2CC[C@H]3[C@H]4[C@H](C)C(=O)O[C@@H]4CCCN32)OC1=O. The summed E-state index contributed by atoms with van der Waals surface area (Å²) in [6, 6.07) is 0.639. The Morgan fingerprint density at radius 1 is 1.14 bits per heavy atom. The molecule has 0 N–H and O–H groups in total. The number of hydrogen-bond donors (Lipinski definition) is 0. The largest absolute Gasteiger partial charge is 0.462 e. The van der Waals surface area contributed by atoms with Gasteiger partial charge in [-0.2, -0.15) is 0 Å². The predicted molar refractivity (Wildman–Crippen MR) is 78.9 cm³/mol. The number of rotatable bonds is 1. The quantitative estimate of drug-likeness (QED) is 0.690. The number of esters is 2. The van der Waals surface area contributed by atoms with Crippen LogP contribution in [0.5, 0.6) is 0 Å². The first-order valence-electron chi connectivity index (χ1n) is 8.42. The van der Waals surface area contributed by atoms with E-state index in [1.165, 1.54) is 0 Å². The summed E-state index contributed by atoms with van der Waals surface area (Å²) in [7, 11) is 0. The molecule has 0 spiro atoms. The zero-order valence-electron chi connectivity index (χ0n) is 13.2. The summed E-state index contributed by atoms with van der Waals surface area (Å²) in [6.45, 7) is 4.83. The van der Waals surface area contributed by atoms with Crippen LogP contribution in [0.1, 0.15) is 39.5 Å². The Balaban J connectivity index is 1.58. The second-order valence-corrected chi connectivity index (χ2v) is 7.15. The van der Waals surface area contributed by atoms with Gasteiger partial charge in [0.05, 0.1) is 12.0 Å². The highest BCUT2D eigenvalue weighted by atomic mass is 16.6. The van der Waals surface area contributed by atoms with Gasteiger partial charge in [-0.3, -0.25) is 9.69 Å². The van der Waals surface area contributed by atoms with Gasteiger partial charge >= 0.3 is 11.9 Å². The smallest absolute Gasteiger partial charge is 0.334 e. The molecule has 4 aliphatic heterocycles. The van der Waals surface area contributed by atoms with Crippen LogP contribution in [0.2, 0.25) is 0 Å². The molecule has 3 saturated heterocycles. The third-order valence-corrected chi connectivity index (χ3v) is 5.96. The van der Waals surface area contributed by atoms with Gasteiger partial charge in [-0.15, -0.1) is 0 Å². The van der Waals surface area contributed by atoms with Crippen molar-refractivity contribution in [2.45, 2.75) is 63.8 Å². The minimum Gasteiger partial charge on any atom is -0.462 e. The molecule has 22 heavy (non-hydrogen) atoms. The van der Waals surface area contributed by atoms with Gasteiger partial charge in [0.2, 0.25) is 0 Å². The summed E-state index contributed by atoms with van der Waals surface area (Å²) >= 11 is 0. The third kappa shape index (κ3) is 2.02. The van der Waals surface area contributed by atoms with Gasteiger partial charge in [-0.25, -0.2) is 4.79 Å². The number of hydrogen-bond acceptors (Lipinski definition) is 5. The van der Waals surface area contributed by atoms with Crippen LogP contribution in [0, 0.1) is 11.8 Å². The Kier molecular flexibility index (Phi) is 3.29. The van der Waals surface area contributed by atoms with Crippen LogP contribution < -0.4 is 0 Å². The Hall–Kier alpha value is -1.36. The molecule has 5 nitrogen and oxygen atoms in total. The number of nitrogens with zero attached hydrogens (tertiary/aromatic N) is 1. The maximum absolute atomic E-state index is 11.9. The van der Waals surface area contributed by atoms with E-state index in [2.05, 4.69) is 4.90 Å². The van der Waals surface area contributed by atoms with Crippen molar-refractivity contribution < 1.29 is 19.1 Å². The van der Waals surface area contributed by atoms with E-state index in [1.54, 1.807) is 0 Å². The van der Waals surface area contributed by atoms with Crippen molar-refractivity contribution in [2.75, 3.05) is 6.54 Å². The topological polar surface area (TPSA) is 55.8 Å². The van der Waals surface area contributed by atoms with E-state index in [-0.39, 0.29) is 36.1 Å². The van der Waals surface area contributed by atoms with Crippen LogP contribution in [-0.2, 0) is 19.1 Å². The van der Waals surface area contributed by atoms with Crippen molar-refractivity contribution in [2.24, 2.45) is 11.8 Å². The molecule has 6 atom stereocenters. The second kappa shape index (κ2) is 5.08. The molecule has 0 aliphatic carbocycles. The van der Waals surface area contributed by atoms with Crippen LogP contribution in [-0.4, -0.2) is 47.7 Å². The normalized spacial score (nSPS) is 44.9. The zero-order chi connectivity index (χ0) is 15.4. The summed E-state index contributed by atoms with van der Waals surface area (Å²) in [6.07, 6.45) is 6.01. The average Bonchev–Trinajstić information content (AvgIpc) is 3.07. The van der Waals surface area contributed by atoms with E-state index in [1.807, 2.05) is 19.9 Å². The summed E-state index contributed by atoms with van der Waals surface area (Å²) in [5.74, 6) is 0.0529. The number of ether oxygens (including phenoxy) is 2. The molecule has 5 heteroatoms. The maximum atomic E-state index is 11.9. The van der Waals surface area contributed by atoms with E-state index in [0.29, 0.717) is 17.5 Å². The molecular formula is C17H23NO4. The van der Waals surface area contributed by atoms with Crippen LogP contribution in [0.4, 0.5) is 0 Å². The summed E-state index contributed by atoms with van der Waals surface area (Å²) in [5.41, 5.74) is 0.717. The van der Waals surface area contributed by atoms with Crippen molar-refractivity contribution in [3.63, 3.8) is 0 Å². The van der Waals surface area contributed by atoms with Crippen LogP contribution >= 0.6 is 0 Å². The minimum absolute atomic E-state index is 0.0160. The number of carbonyl (C=O) groups is 2. The molecule has 0 unspecified atom stereocenters. The van der Waals surface area contributed by atoms with E-state index in [9.17, 15) is 9.59 Å². The van der Waals surface area contributed by atoms with Gasteiger partial charge in [-0.05, 0) is 45.2 Å². The third-order valence-electron chi connectivity index (χ3n) is 5.96. The summed E-state index contributed by atoms with van der Waals surface area (Å²) in [5, 5.41) is 0. The molecule has 0 radical (unpaired) electrons. The monoisotopic (exact) mass is 305 g/mol. The Morgan fingerprint density at radius 2 is 1.91 bits per heavy atom. The van der Waals surface area contributed by atoms with Crippen molar-refractivity contribution >= 4 is 11.9 Å². The molecule has 0 aromatic heterocycles. The lowest BCUT2D eigenvalue weighted by Gasteiger charge is -2.34. The molecule has 0 bridgehead atoms. The fraction of sp³-hybridized carbons (Fsp3) is 0.765. The molecule has 3 fully saturated rings. The molecule has 0 amide bonds. The van der Waals surface area contributed by atoms with E-state index < -0.39 is 0 Å². The highest BCUT2D eigenvalue weighted by Crippen LogP contribution is 2.44. The van der Waals surface area contributed by atoms with Gasteiger partial charge in [0.1, 0.15) is 12.2 Å².